The lowest BCUT2D eigenvalue weighted by Crippen LogP contribution is -2.45. The minimum atomic E-state index is 0.0825. The van der Waals surface area contributed by atoms with Crippen molar-refractivity contribution < 1.29 is 4.79 Å². The van der Waals surface area contributed by atoms with Crippen LogP contribution in [0.3, 0.4) is 0 Å². The maximum atomic E-state index is 11.4. The standard InChI is InChI=1S/C10H14N2O/c11-5-7-6-12-10(13)9-4-2-1-3-8(7)9/h1-2,4,7-8H,3,5-6,11H2,(H,12,13). The largest absolute Gasteiger partial charge is 0.352 e. The number of hydrogen-bond acceptors (Lipinski definition) is 2. The van der Waals surface area contributed by atoms with E-state index in [9.17, 15) is 4.79 Å². The molecule has 0 bridgehead atoms. The molecular formula is C10H14N2O. The number of nitrogens with one attached hydrogen (secondary N) is 1. The maximum Gasteiger partial charge on any atom is 0.247 e. The van der Waals surface area contributed by atoms with Crippen LogP contribution in [0.25, 0.3) is 0 Å². The molecule has 0 aromatic heterocycles. The van der Waals surface area contributed by atoms with E-state index in [-0.39, 0.29) is 5.91 Å². The fraction of sp³-hybridized carbons (Fsp3) is 0.500. The highest BCUT2D eigenvalue weighted by Crippen LogP contribution is 2.30. The first-order valence-electron chi connectivity index (χ1n) is 4.68. The molecule has 1 fully saturated rings. The van der Waals surface area contributed by atoms with Crippen LogP contribution in [0.15, 0.2) is 23.8 Å². The van der Waals surface area contributed by atoms with Crippen molar-refractivity contribution in [3.63, 3.8) is 0 Å². The minimum absolute atomic E-state index is 0.0825. The quantitative estimate of drug-likeness (QED) is 0.602. The van der Waals surface area contributed by atoms with Gasteiger partial charge in [0.15, 0.2) is 0 Å². The summed E-state index contributed by atoms with van der Waals surface area (Å²) in [5, 5.41) is 2.86. The van der Waals surface area contributed by atoms with Crippen molar-refractivity contribution in [1.29, 1.82) is 0 Å². The van der Waals surface area contributed by atoms with Crippen LogP contribution in [0, 0.1) is 11.8 Å². The number of nitrogens with two attached hydrogens (primary N) is 1. The number of allylic oxidation sites excluding steroid dienone is 3. The first-order chi connectivity index (χ1) is 6.33. The van der Waals surface area contributed by atoms with Crippen molar-refractivity contribution in [2.45, 2.75) is 6.42 Å². The van der Waals surface area contributed by atoms with Crippen molar-refractivity contribution in [3.8, 4) is 0 Å². The molecule has 2 aliphatic rings. The fourth-order valence-corrected chi connectivity index (χ4v) is 2.05. The van der Waals surface area contributed by atoms with Gasteiger partial charge >= 0.3 is 0 Å². The summed E-state index contributed by atoms with van der Waals surface area (Å²) in [6.45, 7) is 1.38. The average Bonchev–Trinajstić information content (AvgIpc) is 2.19. The predicted octanol–water partition coefficient (Wildman–Crippen LogP) is 0.194. The third kappa shape index (κ3) is 1.40. The van der Waals surface area contributed by atoms with Crippen LogP contribution in [0.5, 0.6) is 0 Å². The van der Waals surface area contributed by atoms with Gasteiger partial charge in [-0.05, 0) is 24.8 Å². The van der Waals surface area contributed by atoms with Crippen molar-refractivity contribution in [3.05, 3.63) is 23.8 Å². The van der Waals surface area contributed by atoms with Crippen LogP contribution < -0.4 is 11.1 Å². The van der Waals surface area contributed by atoms with Crippen LogP contribution in [0.4, 0.5) is 0 Å². The van der Waals surface area contributed by atoms with Gasteiger partial charge in [0.1, 0.15) is 0 Å². The molecule has 2 atom stereocenters. The molecule has 1 saturated heterocycles. The molecule has 1 aliphatic heterocycles. The topological polar surface area (TPSA) is 55.1 Å². The Morgan fingerprint density at radius 3 is 3.23 bits per heavy atom. The van der Waals surface area contributed by atoms with Crippen molar-refractivity contribution >= 4 is 5.91 Å². The first-order valence-corrected chi connectivity index (χ1v) is 4.68. The Kier molecular flexibility index (Phi) is 2.19. The predicted molar refractivity (Wildman–Crippen MR) is 50.9 cm³/mol. The second-order valence-corrected chi connectivity index (χ2v) is 3.60. The fourth-order valence-electron chi connectivity index (χ4n) is 2.05. The Labute approximate surface area is 77.7 Å². The number of amides is 1. The van der Waals surface area contributed by atoms with Gasteiger partial charge in [0, 0.05) is 12.1 Å². The van der Waals surface area contributed by atoms with Crippen LogP contribution in [0.1, 0.15) is 6.42 Å². The Hall–Kier alpha value is -1.09. The van der Waals surface area contributed by atoms with Gasteiger partial charge in [0.25, 0.3) is 0 Å². The summed E-state index contributed by atoms with van der Waals surface area (Å²) in [7, 11) is 0. The van der Waals surface area contributed by atoms with Gasteiger partial charge in [-0.1, -0.05) is 18.2 Å². The summed E-state index contributed by atoms with van der Waals surface area (Å²) in [5.74, 6) is 0.844. The summed E-state index contributed by atoms with van der Waals surface area (Å²) in [6.07, 6.45) is 6.92. The van der Waals surface area contributed by atoms with Gasteiger partial charge in [-0.2, -0.15) is 0 Å². The van der Waals surface area contributed by atoms with Crippen molar-refractivity contribution in [1.82, 2.24) is 5.32 Å². The molecular weight excluding hydrogens is 164 g/mol. The first kappa shape index (κ1) is 8.51. The molecule has 2 rings (SSSR count). The van der Waals surface area contributed by atoms with Gasteiger partial charge in [0.05, 0.1) is 0 Å². The van der Waals surface area contributed by atoms with Gasteiger partial charge in [-0.25, -0.2) is 0 Å². The number of fused-ring (bicyclic) bond motifs is 1. The highest BCUT2D eigenvalue weighted by molar-refractivity contribution is 5.95. The molecule has 1 heterocycles. The SMILES string of the molecule is NCC1CNC(=O)C2=CC=CCC21. The monoisotopic (exact) mass is 178 g/mol. The van der Waals surface area contributed by atoms with E-state index in [1.807, 2.05) is 12.2 Å². The zero-order chi connectivity index (χ0) is 9.26. The lowest BCUT2D eigenvalue weighted by atomic mass is 9.78. The molecule has 2 unspecified atom stereocenters. The molecule has 0 aromatic carbocycles. The Bertz CT molecular complexity index is 281. The van der Waals surface area contributed by atoms with E-state index in [4.69, 9.17) is 5.73 Å². The molecule has 1 amide bonds. The Balaban J connectivity index is 2.25. The number of hydrogen-bond donors (Lipinski definition) is 2. The highest BCUT2D eigenvalue weighted by atomic mass is 16.1. The molecule has 13 heavy (non-hydrogen) atoms. The van der Waals surface area contributed by atoms with Crippen LogP contribution in [-0.2, 0) is 4.79 Å². The Morgan fingerprint density at radius 1 is 1.62 bits per heavy atom. The van der Waals surface area contributed by atoms with Gasteiger partial charge < -0.3 is 11.1 Å². The van der Waals surface area contributed by atoms with Crippen molar-refractivity contribution in [2.24, 2.45) is 17.6 Å². The smallest absolute Gasteiger partial charge is 0.247 e. The van der Waals surface area contributed by atoms with E-state index in [0.717, 1.165) is 18.5 Å². The lowest BCUT2D eigenvalue weighted by Gasteiger charge is -2.33. The molecule has 1 aliphatic carbocycles. The molecule has 0 spiro atoms. The van der Waals surface area contributed by atoms with Gasteiger partial charge in [-0.3, -0.25) is 4.79 Å². The number of piperidine rings is 1. The van der Waals surface area contributed by atoms with E-state index in [1.54, 1.807) is 0 Å². The Morgan fingerprint density at radius 2 is 2.46 bits per heavy atom. The van der Waals surface area contributed by atoms with E-state index in [1.165, 1.54) is 0 Å². The van der Waals surface area contributed by atoms with E-state index in [0.29, 0.717) is 18.4 Å². The second kappa shape index (κ2) is 3.34. The van der Waals surface area contributed by atoms with Crippen LogP contribution >= 0.6 is 0 Å². The molecule has 3 N–H and O–H groups in total. The van der Waals surface area contributed by atoms with Crippen LogP contribution in [-0.4, -0.2) is 19.0 Å². The molecule has 0 radical (unpaired) electrons. The normalized spacial score (nSPS) is 32.1. The highest BCUT2D eigenvalue weighted by Gasteiger charge is 2.32. The van der Waals surface area contributed by atoms with Crippen molar-refractivity contribution in [2.75, 3.05) is 13.1 Å². The van der Waals surface area contributed by atoms with Gasteiger partial charge in [-0.15, -0.1) is 0 Å². The zero-order valence-electron chi connectivity index (χ0n) is 7.49. The summed E-state index contributed by atoms with van der Waals surface area (Å²) in [5.41, 5.74) is 6.56. The lowest BCUT2D eigenvalue weighted by molar-refractivity contribution is -0.119. The third-order valence-electron chi connectivity index (χ3n) is 2.86. The molecule has 3 heteroatoms. The zero-order valence-corrected chi connectivity index (χ0v) is 7.49. The molecule has 0 aromatic rings. The maximum absolute atomic E-state index is 11.4. The minimum Gasteiger partial charge on any atom is -0.352 e. The second-order valence-electron chi connectivity index (χ2n) is 3.60. The number of carbonyl (C=O) groups is 1. The molecule has 70 valence electrons. The summed E-state index contributed by atoms with van der Waals surface area (Å²) >= 11 is 0. The third-order valence-corrected chi connectivity index (χ3v) is 2.86. The average molecular weight is 178 g/mol. The summed E-state index contributed by atoms with van der Waals surface area (Å²) in [4.78, 5) is 11.4. The molecule has 3 nitrogen and oxygen atoms in total. The van der Waals surface area contributed by atoms with Gasteiger partial charge in [0.2, 0.25) is 5.91 Å². The van der Waals surface area contributed by atoms with E-state index < -0.39 is 0 Å². The summed E-state index contributed by atoms with van der Waals surface area (Å²) < 4.78 is 0. The number of carbonyl (C=O) groups excluding carboxylic acids is 1. The number of rotatable bonds is 1. The van der Waals surface area contributed by atoms with E-state index in [2.05, 4.69) is 11.4 Å². The van der Waals surface area contributed by atoms with Crippen LogP contribution in [0.2, 0.25) is 0 Å². The van der Waals surface area contributed by atoms with E-state index >= 15 is 0 Å². The molecule has 0 saturated carbocycles. The summed E-state index contributed by atoms with van der Waals surface area (Å²) in [6, 6.07) is 0.